The van der Waals surface area contributed by atoms with Crippen molar-refractivity contribution in [3.8, 4) is 0 Å². The van der Waals surface area contributed by atoms with Crippen LogP contribution in [0.4, 0.5) is 0 Å². The summed E-state index contributed by atoms with van der Waals surface area (Å²) in [6, 6.07) is -0.267. The second-order valence-electron chi connectivity index (χ2n) is 5.90. The lowest BCUT2D eigenvalue weighted by molar-refractivity contribution is -0.156. The van der Waals surface area contributed by atoms with Crippen molar-refractivity contribution in [2.45, 2.75) is 63.5 Å². The van der Waals surface area contributed by atoms with Gasteiger partial charge in [0.15, 0.2) is 0 Å². The Morgan fingerprint density at radius 3 is 2.60 bits per heavy atom. The SMILES string of the molecule is CCC1C(=O)NC2(CCCCC2)C(=O)N1CCCSC. The largest absolute Gasteiger partial charge is 0.340 e. The molecule has 1 saturated carbocycles. The summed E-state index contributed by atoms with van der Waals surface area (Å²) in [6.07, 6.45) is 8.63. The molecule has 1 saturated heterocycles. The summed E-state index contributed by atoms with van der Waals surface area (Å²) in [7, 11) is 0. The number of nitrogens with one attached hydrogen (secondary N) is 1. The molecule has 0 aromatic rings. The maximum atomic E-state index is 12.9. The fraction of sp³-hybridized carbons (Fsp3) is 0.867. The highest BCUT2D eigenvalue weighted by Gasteiger charge is 2.50. The molecule has 4 nitrogen and oxygen atoms in total. The molecule has 114 valence electrons. The van der Waals surface area contributed by atoms with E-state index in [0.717, 1.165) is 37.9 Å². The zero-order valence-electron chi connectivity index (χ0n) is 12.6. The molecule has 20 heavy (non-hydrogen) atoms. The molecule has 1 unspecified atom stereocenters. The average Bonchev–Trinajstić information content (AvgIpc) is 2.45. The second-order valence-corrected chi connectivity index (χ2v) is 6.89. The summed E-state index contributed by atoms with van der Waals surface area (Å²) >= 11 is 1.79. The van der Waals surface area contributed by atoms with E-state index < -0.39 is 5.54 Å². The lowest BCUT2D eigenvalue weighted by Gasteiger charge is -2.47. The molecule has 1 aliphatic heterocycles. The average molecular weight is 298 g/mol. The molecule has 2 aliphatic rings. The van der Waals surface area contributed by atoms with Gasteiger partial charge in [0.1, 0.15) is 11.6 Å². The van der Waals surface area contributed by atoms with Gasteiger partial charge in [0.2, 0.25) is 11.8 Å². The van der Waals surface area contributed by atoms with E-state index in [4.69, 9.17) is 0 Å². The van der Waals surface area contributed by atoms with E-state index in [9.17, 15) is 9.59 Å². The Hall–Kier alpha value is -0.710. The summed E-state index contributed by atoms with van der Waals surface area (Å²) in [6.45, 7) is 2.70. The summed E-state index contributed by atoms with van der Waals surface area (Å²) in [5, 5.41) is 3.07. The van der Waals surface area contributed by atoms with Crippen LogP contribution in [0.3, 0.4) is 0 Å². The number of hydrogen-bond acceptors (Lipinski definition) is 3. The van der Waals surface area contributed by atoms with Crippen LogP contribution in [0.1, 0.15) is 51.9 Å². The molecule has 0 radical (unpaired) electrons. The maximum absolute atomic E-state index is 12.9. The number of carbonyl (C=O) groups is 2. The Bertz CT molecular complexity index is 367. The Balaban J connectivity index is 2.15. The first-order valence-corrected chi connectivity index (χ1v) is 9.16. The molecule has 2 amide bonds. The molecule has 1 heterocycles. The summed E-state index contributed by atoms with van der Waals surface area (Å²) in [5.74, 6) is 1.26. The number of nitrogens with zero attached hydrogens (tertiary/aromatic N) is 1. The van der Waals surface area contributed by atoms with E-state index in [1.54, 1.807) is 11.8 Å². The van der Waals surface area contributed by atoms with Crippen molar-refractivity contribution < 1.29 is 9.59 Å². The molecule has 1 aliphatic carbocycles. The fourth-order valence-corrected chi connectivity index (χ4v) is 3.88. The quantitative estimate of drug-likeness (QED) is 0.792. The Morgan fingerprint density at radius 1 is 1.30 bits per heavy atom. The molecule has 0 aromatic heterocycles. The molecule has 0 aromatic carbocycles. The van der Waals surface area contributed by atoms with Gasteiger partial charge in [0, 0.05) is 6.54 Å². The van der Waals surface area contributed by atoms with Gasteiger partial charge in [-0.05, 0) is 37.7 Å². The number of amides is 2. The van der Waals surface area contributed by atoms with E-state index in [1.165, 1.54) is 6.42 Å². The van der Waals surface area contributed by atoms with Crippen molar-refractivity contribution in [1.82, 2.24) is 10.2 Å². The lowest BCUT2D eigenvalue weighted by atomic mass is 9.78. The van der Waals surface area contributed by atoms with Crippen LogP contribution in [0.15, 0.2) is 0 Å². The number of piperazine rings is 1. The van der Waals surface area contributed by atoms with Crippen molar-refractivity contribution in [2.24, 2.45) is 0 Å². The van der Waals surface area contributed by atoms with Crippen molar-refractivity contribution in [2.75, 3.05) is 18.6 Å². The number of carbonyl (C=O) groups excluding carboxylic acids is 2. The molecule has 0 bridgehead atoms. The molecule has 2 fully saturated rings. The van der Waals surface area contributed by atoms with Crippen LogP contribution in [0.5, 0.6) is 0 Å². The molecule has 1 atom stereocenters. The summed E-state index contributed by atoms with van der Waals surface area (Å²) in [5.41, 5.74) is -0.583. The van der Waals surface area contributed by atoms with Gasteiger partial charge in [-0.25, -0.2) is 0 Å². The van der Waals surface area contributed by atoms with Crippen LogP contribution in [-0.2, 0) is 9.59 Å². The van der Waals surface area contributed by atoms with Gasteiger partial charge in [-0.3, -0.25) is 9.59 Å². The molecule has 1 spiro atoms. The standard InChI is InChI=1S/C15H26N2O2S/c1-3-12-13(18)16-15(8-5-4-6-9-15)14(19)17(12)10-7-11-20-2/h12H,3-11H2,1-2H3,(H,16,18). The highest BCUT2D eigenvalue weighted by Crippen LogP contribution is 2.33. The molecule has 5 heteroatoms. The highest BCUT2D eigenvalue weighted by atomic mass is 32.2. The van der Waals surface area contributed by atoms with E-state index in [0.29, 0.717) is 13.0 Å². The fourth-order valence-electron chi connectivity index (χ4n) is 3.47. The van der Waals surface area contributed by atoms with Crippen LogP contribution in [-0.4, -0.2) is 46.8 Å². The van der Waals surface area contributed by atoms with Gasteiger partial charge < -0.3 is 10.2 Å². The van der Waals surface area contributed by atoms with E-state index in [2.05, 4.69) is 11.6 Å². The third-order valence-corrected chi connectivity index (χ3v) is 5.25. The monoisotopic (exact) mass is 298 g/mol. The van der Waals surface area contributed by atoms with Gasteiger partial charge in [-0.15, -0.1) is 0 Å². The van der Waals surface area contributed by atoms with E-state index in [-0.39, 0.29) is 17.9 Å². The smallest absolute Gasteiger partial charge is 0.249 e. The zero-order chi connectivity index (χ0) is 14.6. The van der Waals surface area contributed by atoms with Crippen LogP contribution in [0, 0.1) is 0 Å². The Labute approximate surface area is 126 Å². The minimum absolute atomic E-state index is 0.0538. The maximum Gasteiger partial charge on any atom is 0.249 e. The van der Waals surface area contributed by atoms with Gasteiger partial charge >= 0.3 is 0 Å². The third kappa shape index (κ3) is 2.97. The summed E-state index contributed by atoms with van der Waals surface area (Å²) in [4.78, 5) is 27.2. The Kier molecular flexibility index (Phi) is 5.35. The van der Waals surface area contributed by atoms with Crippen LogP contribution in [0.25, 0.3) is 0 Å². The lowest BCUT2D eigenvalue weighted by Crippen LogP contribution is -2.70. The third-order valence-electron chi connectivity index (χ3n) is 4.55. The predicted molar refractivity (Wildman–Crippen MR) is 82.7 cm³/mol. The number of rotatable bonds is 5. The molecule has 2 rings (SSSR count). The van der Waals surface area contributed by atoms with Crippen molar-refractivity contribution in [3.05, 3.63) is 0 Å². The minimum atomic E-state index is -0.583. The predicted octanol–water partition coefficient (Wildman–Crippen LogP) is 2.18. The van der Waals surface area contributed by atoms with Crippen molar-refractivity contribution in [1.29, 1.82) is 0 Å². The van der Waals surface area contributed by atoms with Crippen molar-refractivity contribution in [3.63, 3.8) is 0 Å². The van der Waals surface area contributed by atoms with Crippen LogP contribution >= 0.6 is 11.8 Å². The first-order valence-electron chi connectivity index (χ1n) is 7.76. The van der Waals surface area contributed by atoms with E-state index >= 15 is 0 Å². The van der Waals surface area contributed by atoms with Gasteiger partial charge in [0.05, 0.1) is 0 Å². The first-order chi connectivity index (χ1) is 9.64. The zero-order valence-corrected chi connectivity index (χ0v) is 13.4. The first kappa shape index (κ1) is 15.7. The van der Waals surface area contributed by atoms with Gasteiger partial charge in [0.25, 0.3) is 0 Å². The number of hydrogen-bond donors (Lipinski definition) is 1. The van der Waals surface area contributed by atoms with Crippen LogP contribution in [0.2, 0.25) is 0 Å². The summed E-state index contributed by atoms with van der Waals surface area (Å²) < 4.78 is 0. The number of thioether (sulfide) groups is 1. The van der Waals surface area contributed by atoms with E-state index in [1.807, 2.05) is 11.8 Å². The van der Waals surface area contributed by atoms with Gasteiger partial charge in [-0.2, -0.15) is 11.8 Å². The highest BCUT2D eigenvalue weighted by molar-refractivity contribution is 7.98. The Morgan fingerprint density at radius 2 is 2.00 bits per heavy atom. The molecular weight excluding hydrogens is 272 g/mol. The second kappa shape index (κ2) is 6.83. The topological polar surface area (TPSA) is 49.4 Å². The normalized spacial score (nSPS) is 25.9. The molecular formula is C15H26N2O2S. The van der Waals surface area contributed by atoms with Crippen molar-refractivity contribution >= 4 is 23.6 Å². The van der Waals surface area contributed by atoms with Crippen LogP contribution < -0.4 is 5.32 Å². The minimum Gasteiger partial charge on any atom is -0.340 e. The van der Waals surface area contributed by atoms with Gasteiger partial charge in [-0.1, -0.05) is 26.2 Å². The molecule has 1 N–H and O–H groups in total.